The van der Waals surface area contributed by atoms with Crippen LogP contribution in [-0.2, 0) is 0 Å². The zero-order valence-corrected chi connectivity index (χ0v) is 11.8. The number of para-hydroxylation sites is 1. The molecule has 19 heavy (non-hydrogen) atoms. The molecule has 1 aromatic heterocycles. The molecule has 0 radical (unpaired) electrons. The molecule has 0 aliphatic rings. The number of anilines is 2. The van der Waals surface area contributed by atoms with Gasteiger partial charge in [-0.25, -0.2) is 4.98 Å². The van der Waals surface area contributed by atoms with Gasteiger partial charge in [-0.05, 0) is 19.4 Å². The lowest BCUT2D eigenvalue weighted by Gasteiger charge is -2.30. The van der Waals surface area contributed by atoms with Crippen LogP contribution in [-0.4, -0.2) is 22.2 Å². The van der Waals surface area contributed by atoms with Gasteiger partial charge in [-0.2, -0.15) is 0 Å². The van der Waals surface area contributed by atoms with Crippen LogP contribution in [0.4, 0.5) is 11.4 Å². The van der Waals surface area contributed by atoms with E-state index in [0.717, 1.165) is 23.0 Å². The van der Waals surface area contributed by atoms with E-state index in [1.54, 1.807) is 0 Å². The van der Waals surface area contributed by atoms with Crippen LogP contribution in [0.1, 0.15) is 20.3 Å². The van der Waals surface area contributed by atoms with Crippen molar-refractivity contribution in [3.63, 3.8) is 0 Å². The average Bonchev–Trinajstić information content (AvgIpc) is 2.43. The number of aliphatic hydroxyl groups excluding tert-OH is 1. The molecule has 0 saturated heterocycles. The number of fused-ring (bicyclic) bond motifs is 1. The summed E-state index contributed by atoms with van der Waals surface area (Å²) in [7, 11) is 0. The quantitative estimate of drug-likeness (QED) is 0.752. The van der Waals surface area contributed by atoms with E-state index in [0.29, 0.717) is 5.69 Å². The van der Waals surface area contributed by atoms with Crippen LogP contribution >= 0.6 is 11.6 Å². The Morgan fingerprint density at radius 3 is 2.74 bits per heavy atom. The first-order valence-electron chi connectivity index (χ1n) is 6.23. The highest BCUT2D eigenvalue weighted by Gasteiger charge is 2.23. The van der Waals surface area contributed by atoms with E-state index < -0.39 is 5.54 Å². The number of nitrogens with zero attached hydrogens (tertiary/aromatic N) is 1. The maximum absolute atomic E-state index is 9.53. The minimum Gasteiger partial charge on any atom is -0.395 e. The first kappa shape index (κ1) is 13.9. The van der Waals surface area contributed by atoms with Gasteiger partial charge in [0.2, 0.25) is 0 Å². The van der Waals surface area contributed by atoms with Gasteiger partial charge in [0.05, 0.1) is 29.0 Å². The van der Waals surface area contributed by atoms with Crippen molar-refractivity contribution in [3.8, 4) is 0 Å². The minimum absolute atomic E-state index is 0.0111. The molecule has 1 aromatic carbocycles. The van der Waals surface area contributed by atoms with E-state index in [-0.39, 0.29) is 11.8 Å². The first-order chi connectivity index (χ1) is 9.00. The lowest BCUT2D eigenvalue weighted by molar-refractivity contribution is 0.219. The second-order valence-electron chi connectivity index (χ2n) is 4.91. The summed E-state index contributed by atoms with van der Waals surface area (Å²) in [5.41, 5.74) is 7.50. The third kappa shape index (κ3) is 2.60. The van der Waals surface area contributed by atoms with Gasteiger partial charge in [-0.1, -0.05) is 36.7 Å². The Morgan fingerprint density at radius 2 is 2.11 bits per heavy atom. The van der Waals surface area contributed by atoms with Crippen molar-refractivity contribution >= 4 is 33.9 Å². The summed E-state index contributed by atoms with van der Waals surface area (Å²) in [6.45, 7) is 3.96. The van der Waals surface area contributed by atoms with Gasteiger partial charge < -0.3 is 16.2 Å². The molecule has 2 aromatic rings. The van der Waals surface area contributed by atoms with E-state index in [4.69, 9.17) is 17.3 Å². The third-order valence-electron chi connectivity index (χ3n) is 3.44. The van der Waals surface area contributed by atoms with Crippen LogP contribution in [0.2, 0.25) is 5.15 Å². The smallest absolute Gasteiger partial charge is 0.154 e. The van der Waals surface area contributed by atoms with Crippen LogP contribution < -0.4 is 11.1 Å². The van der Waals surface area contributed by atoms with Gasteiger partial charge in [0, 0.05) is 5.39 Å². The fraction of sp³-hybridized carbons (Fsp3) is 0.357. The number of aliphatic hydroxyl groups is 1. The first-order valence-corrected chi connectivity index (χ1v) is 6.61. The van der Waals surface area contributed by atoms with Crippen LogP contribution in [0.15, 0.2) is 24.3 Å². The molecular weight excluding hydrogens is 262 g/mol. The van der Waals surface area contributed by atoms with Crippen LogP contribution in [0.3, 0.4) is 0 Å². The normalized spacial score (nSPS) is 14.3. The lowest BCUT2D eigenvalue weighted by atomic mass is 9.99. The summed E-state index contributed by atoms with van der Waals surface area (Å²) in [4.78, 5) is 4.26. The molecule has 0 fully saturated rings. The van der Waals surface area contributed by atoms with Crippen LogP contribution in [0, 0.1) is 0 Å². The monoisotopic (exact) mass is 279 g/mol. The highest BCUT2D eigenvalue weighted by atomic mass is 35.5. The Labute approximate surface area is 117 Å². The van der Waals surface area contributed by atoms with Crippen molar-refractivity contribution < 1.29 is 5.11 Å². The summed E-state index contributed by atoms with van der Waals surface area (Å²) in [6, 6.07) is 7.64. The van der Waals surface area contributed by atoms with E-state index >= 15 is 0 Å². The molecule has 0 aliphatic heterocycles. The molecule has 4 nitrogen and oxygen atoms in total. The number of aromatic nitrogens is 1. The molecule has 4 N–H and O–H groups in total. The van der Waals surface area contributed by atoms with Crippen molar-refractivity contribution in [2.45, 2.75) is 25.8 Å². The Balaban J connectivity index is 2.61. The molecular formula is C14H18ClN3O. The van der Waals surface area contributed by atoms with Crippen LogP contribution in [0.5, 0.6) is 0 Å². The van der Waals surface area contributed by atoms with E-state index in [1.165, 1.54) is 0 Å². The molecule has 1 atom stereocenters. The number of nitrogens with two attached hydrogens (primary N) is 1. The maximum atomic E-state index is 9.53. The number of halogens is 1. The van der Waals surface area contributed by atoms with Crippen molar-refractivity contribution in [2.24, 2.45) is 0 Å². The molecule has 2 rings (SSSR count). The van der Waals surface area contributed by atoms with E-state index in [2.05, 4.69) is 10.3 Å². The van der Waals surface area contributed by atoms with Gasteiger partial charge in [0.25, 0.3) is 0 Å². The molecule has 0 aliphatic carbocycles. The zero-order valence-electron chi connectivity index (χ0n) is 11.1. The number of hydrogen-bond acceptors (Lipinski definition) is 4. The van der Waals surface area contributed by atoms with Gasteiger partial charge in [-0.15, -0.1) is 0 Å². The molecule has 5 heteroatoms. The highest BCUT2D eigenvalue weighted by molar-refractivity contribution is 6.33. The summed E-state index contributed by atoms with van der Waals surface area (Å²) < 4.78 is 0. The molecule has 102 valence electrons. The Kier molecular flexibility index (Phi) is 3.83. The predicted molar refractivity (Wildman–Crippen MR) is 80.6 cm³/mol. The number of pyridine rings is 1. The van der Waals surface area contributed by atoms with E-state index in [1.807, 2.05) is 38.1 Å². The van der Waals surface area contributed by atoms with Gasteiger partial charge in [0.15, 0.2) is 5.15 Å². The summed E-state index contributed by atoms with van der Waals surface area (Å²) >= 11 is 6.07. The standard InChI is InChI=1S/C14H18ClN3O/c1-3-14(2,8-19)18-12-9-6-4-5-7-10(9)17-13(15)11(12)16/h4-7,19H,3,8,16H2,1-2H3,(H,17,18). The number of nitrogens with one attached hydrogen (secondary N) is 1. The SMILES string of the molecule is CCC(C)(CO)Nc1c(N)c(Cl)nc2ccccc12. The molecule has 1 unspecified atom stereocenters. The van der Waals surface area contributed by atoms with Crippen molar-refractivity contribution in [1.29, 1.82) is 0 Å². The number of rotatable bonds is 4. The van der Waals surface area contributed by atoms with Gasteiger partial charge in [0.1, 0.15) is 0 Å². The molecule has 0 bridgehead atoms. The molecule has 1 heterocycles. The largest absolute Gasteiger partial charge is 0.395 e. The molecule has 0 saturated carbocycles. The summed E-state index contributed by atoms with van der Waals surface area (Å²) in [5.74, 6) is 0. The molecule has 0 amide bonds. The summed E-state index contributed by atoms with van der Waals surface area (Å²) in [5, 5.41) is 14.0. The lowest BCUT2D eigenvalue weighted by Crippen LogP contribution is -2.38. The van der Waals surface area contributed by atoms with Crippen molar-refractivity contribution in [3.05, 3.63) is 29.4 Å². The maximum Gasteiger partial charge on any atom is 0.154 e. The zero-order chi connectivity index (χ0) is 14.0. The van der Waals surface area contributed by atoms with E-state index in [9.17, 15) is 5.11 Å². The van der Waals surface area contributed by atoms with Gasteiger partial charge >= 0.3 is 0 Å². The highest BCUT2D eigenvalue weighted by Crippen LogP contribution is 2.35. The Morgan fingerprint density at radius 1 is 1.42 bits per heavy atom. The second-order valence-corrected chi connectivity index (χ2v) is 5.26. The minimum atomic E-state index is -0.443. The summed E-state index contributed by atoms with van der Waals surface area (Å²) in [6.07, 6.45) is 0.761. The number of benzene rings is 1. The number of nitrogen functional groups attached to an aromatic ring is 1. The predicted octanol–water partition coefficient (Wildman–Crippen LogP) is 3.04. The fourth-order valence-corrected chi connectivity index (χ4v) is 2.06. The van der Waals surface area contributed by atoms with Gasteiger partial charge in [-0.3, -0.25) is 0 Å². The average molecular weight is 280 g/mol. The van der Waals surface area contributed by atoms with Crippen molar-refractivity contribution in [1.82, 2.24) is 4.98 Å². The van der Waals surface area contributed by atoms with Crippen LogP contribution in [0.25, 0.3) is 10.9 Å². The number of hydrogen-bond donors (Lipinski definition) is 3. The Hall–Kier alpha value is -1.52. The topological polar surface area (TPSA) is 71.2 Å². The van der Waals surface area contributed by atoms with Crippen molar-refractivity contribution in [2.75, 3.05) is 17.7 Å². The Bertz CT molecular complexity index is 597. The third-order valence-corrected chi connectivity index (χ3v) is 3.73. The molecule has 0 spiro atoms. The second kappa shape index (κ2) is 5.23. The fourth-order valence-electron chi connectivity index (χ4n) is 1.87.